The molecule has 2 unspecified atom stereocenters. The van der Waals surface area contributed by atoms with E-state index in [9.17, 15) is 14.4 Å². The number of piperidine rings is 2. The zero-order chi connectivity index (χ0) is 47.7. The molecule has 8 rings (SSSR count). The molecule has 67 heavy (non-hydrogen) atoms. The second-order valence-electron chi connectivity index (χ2n) is 17.6. The Morgan fingerprint density at radius 1 is 0.925 bits per heavy atom. The van der Waals surface area contributed by atoms with Gasteiger partial charge in [-0.25, -0.2) is 9.97 Å². The van der Waals surface area contributed by atoms with Crippen LogP contribution < -0.4 is 31.7 Å². The molecule has 0 spiro atoms. The zero-order valence-corrected chi connectivity index (χ0v) is 39.1. The fraction of sp³-hybridized carbons (Fsp3) is 0.460. The fourth-order valence-corrected chi connectivity index (χ4v) is 9.39. The molecule has 2 amide bonds. The van der Waals surface area contributed by atoms with Crippen molar-refractivity contribution in [1.29, 1.82) is 5.41 Å². The molecule has 17 nitrogen and oxygen atoms in total. The van der Waals surface area contributed by atoms with E-state index in [1.165, 1.54) is 71.2 Å². The van der Waals surface area contributed by atoms with E-state index in [0.29, 0.717) is 47.9 Å². The third kappa shape index (κ3) is 13.7. The first kappa shape index (κ1) is 50.3. The molecule has 4 fully saturated rings. The number of hydrogen-bond acceptors (Lipinski definition) is 16. The lowest BCUT2D eigenvalue weighted by Crippen LogP contribution is -2.61. The van der Waals surface area contributed by atoms with E-state index in [1.807, 2.05) is 62.2 Å². The zero-order valence-electron chi connectivity index (χ0n) is 39.1. The molecule has 358 valence electrons. The van der Waals surface area contributed by atoms with E-state index in [4.69, 9.17) is 26.4 Å². The lowest BCUT2D eigenvalue weighted by Gasteiger charge is -2.47. The number of hydrogen-bond donors (Lipinski definition) is 5. The Hall–Kier alpha value is -6.11. The standard InChI is InChI=1S/C32H51N7O3.C17H15N5O.CH2O/c1-33-12-10-27(11-15-36-22-29(23-36)37-13-4-3-5-14-37)38-16-18-39(19-17-38)28-7-6-25(24-40)26(20-28)21-35(2)30-8-9-31(41)34-32(30)42;18-15(14-16(19)21-10-22-17(14)20)11-6-8-13(9-7-11)23-12-4-2-1-3-5-12;1-2/h6-7,20,24,27,29-30,33H,3-5,8-19,21-23H2,1-2H3,(H,34,41,42);1-10,18H,(H4,19,20,21,22);1H2. The van der Waals surface area contributed by atoms with E-state index in [1.54, 1.807) is 24.3 Å². The number of likely N-dealkylation sites (N-methyl/N-ethyl adjacent to an activating group) is 1. The van der Waals surface area contributed by atoms with E-state index in [-0.39, 0.29) is 35.2 Å². The van der Waals surface area contributed by atoms with Gasteiger partial charge in [0, 0.05) is 81.1 Å². The van der Waals surface area contributed by atoms with Gasteiger partial charge in [0.15, 0.2) is 0 Å². The van der Waals surface area contributed by atoms with Crippen molar-refractivity contribution < 1.29 is 23.9 Å². The minimum Gasteiger partial charge on any atom is -0.457 e. The number of imide groups is 1. The second kappa shape index (κ2) is 25.1. The van der Waals surface area contributed by atoms with Gasteiger partial charge in [-0.3, -0.25) is 39.8 Å². The highest BCUT2D eigenvalue weighted by Crippen LogP contribution is 2.27. The highest BCUT2D eigenvalue weighted by molar-refractivity contribution is 6.16. The minimum atomic E-state index is -0.365. The molecule has 2 atom stereocenters. The number of benzene rings is 3. The third-order valence-corrected chi connectivity index (χ3v) is 13.2. The van der Waals surface area contributed by atoms with Crippen molar-refractivity contribution in [2.75, 3.05) is 95.9 Å². The van der Waals surface area contributed by atoms with Gasteiger partial charge in [0.25, 0.3) is 0 Å². The first-order valence-corrected chi connectivity index (χ1v) is 23.4. The van der Waals surface area contributed by atoms with Crippen LogP contribution >= 0.6 is 0 Å². The number of para-hydroxylation sites is 1. The molecule has 1 aromatic heterocycles. The summed E-state index contributed by atoms with van der Waals surface area (Å²) in [6.07, 6.45) is 9.56. The number of likely N-dealkylation sites (tertiary alicyclic amines) is 2. The molecule has 4 aliphatic heterocycles. The van der Waals surface area contributed by atoms with Crippen molar-refractivity contribution in [3.8, 4) is 11.5 Å². The number of piperazine rings is 1. The van der Waals surface area contributed by atoms with Crippen molar-refractivity contribution in [3.63, 3.8) is 0 Å². The number of nitrogens with one attached hydrogen (secondary N) is 3. The number of rotatable bonds is 17. The summed E-state index contributed by atoms with van der Waals surface area (Å²) in [6.45, 7) is 13.8. The number of nitrogen functional groups attached to an aromatic ring is 2. The van der Waals surface area contributed by atoms with Crippen molar-refractivity contribution in [2.45, 2.75) is 69.6 Å². The normalized spacial score (nSPS) is 18.7. The summed E-state index contributed by atoms with van der Waals surface area (Å²) in [5.41, 5.74) is 15.4. The summed E-state index contributed by atoms with van der Waals surface area (Å²) < 4.78 is 5.72. The van der Waals surface area contributed by atoms with Crippen molar-refractivity contribution in [3.05, 3.63) is 101 Å². The van der Waals surface area contributed by atoms with Crippen LogP contribution in [0.4, 0.5) is 17.3 Å². The summed E-state index contributed by atoms with van der Waals surface area (Å²) in [5, 5.41) is 14.1. The van der Waals surface area contributed by atoms with Crippen molar-refractivity contribution >= 4 is 47.9 Å². The van der Waals surface area contributed by atoms with Crippen LogP contribution in [0.25, 0.3) is 0 Å². The van der Waals surface area contributed by atoms with Crippen LogP contribution in [-0.4, -0.2) is 158 Å². The van der Waals surface area contributed by atoms with Crippen LogP contribution in [0.1, 0.15) is 72.0 Å². The van der Waals surface area contributed by atoms with E-state index >= 15 is 0 Å². The summed E-state index contributed by atoms with van der Waals surface area (Å²) in [4.78, 5) is 64.0. The highest BCUT2D eigenvalue weighted by atomic mass is 16.5. The van der Waals surface area contributed by atoms with Gasteiger partial charge in [-0.05, 0) is 133 Å². The Kier molecular flexibility index (Phi) is 18.9. The van der Waals surface area contributed by atoms with E-state index in [2.05, 4.69) is 52.3 Å². The maximum Gasteiger partial charge on any atom is 0.243 e. The van der Waals surface area contributed by atoms with Gasteiger partial charge in [-0.2, -0.15) is 0 Å². The van der Waals surface area contributed by atoms with Gasteiger partial charge in [-0.15, -0.1) is 0 Å². The highest BCUT2D eigenvalue weighted by Gasteiger charge is 2.34. The smallest absolute Gasteiger partial charge is 0.243 e. The summed E-state index contributed by atoms with van der Waals surface area (Å²) in [5.74, 6) is 1.34. The van der Waals surface area contributed by atoms with Crippen LogP contribution in [0.3, 0.4) is 0 Å². The van der Waals surface area contributed by atoms with Crippen molar-refractivity contribution in [2.24, 2.45) is 0 Å². The summed E-state index contributed by atoms with van der Waals surface area (Å²) in [6, 6.07) is 23.7. The lowest BCUT2D eigenvalue weighted by atomic mass is 10.0. The summed E-state index contributed by atoms with van der Waals surface area (Å²) in [7, 11) is 3.94. The number of anilines is 3. The average Bonchev–Trinajstić information content (AvgIpc) is 3.33. The van der Waals surface area contributed by atoms with Crippen LogP contribution in [0.15, 0.2) is 79.1 Å². The first-order chi connectivity index (χ1) is 32.6. The maximum absolute atomic E-state index is 12.4. The molecule has 4 aromatic rings. The number of aromatic nitrogens is 2. The predicted molar refractivity (Wildman–Crippen MR) is 263 cm³/mol. The lowest BCUT2D eigenvalue weighted by molar-refractivity contribution is -0.137. The number of aldehydes is 1. The second-order valence-corrected chi connectivity index (χ2v) is 17.6. The average molecular weight is 917 g/mol. The molecule has 3 aromatic carbocycles. The van der Waals surface area contributed by atoms with Gasteiger partial charge in [0.1, 0.15) is 42.5 Å². The van der Waals surface area contributed by atoms with Gasteiger partial charge in [0.05, 0.1) is 17.3 Å². The fourth-order valence-electron chi connectivity index (χ4n) is 9.39. The molecule has 5 heterocycles. The molecule has 4 saturated heterocycles. The van der Waals surface area contributed by atoms with Crippen LogP contribution in [-0.2, 0) is 20.9 Å². The molecule has 4 aliphatic rings. The number of nitrogens with zero attached hydrogens (tertiary/aromatic N) is 7. The molecular formula is C50H68N12O5. The van der Waals surface area contributed by atoms with Gasteiger partial charge >= 0.3 is 0 Å². The Labute approximate surface area is 394 Å². The molecule has 0 aliphatic carbocycles. The van der Waals surface area contributed by atoms with Crippen LogP contribution in [0.2, 0.25) is 0 Å². The van der Waals surface area contributed by atoms with E-state index in [0.717, 1.165) is 62.1 Å². The number of amides is 2. The van der Waals surface area contributed by atoms with Crippen LogP contribution in [0.5, 0.6) is 11.5 Å². The number of carbonyl (C=O) groups excluding carboxylic acids is 4. The molecule has 17 heteroatoms. The van der Waals surface area contributed by atoms with Gasteiger partial charge in [0.2, 0.25) is 11.8 Å². The molecule has 0 radical (unpaired) electrons. The van der Waals surface area contributed by atoms with Gasteiger partial charge < -0.3 is 36.1 Å². The summed E-state index contributed by atoms with van der Waals surface area (Å²) >= 11 is 0. The Bertz CT molecular complexity index is 2210. The first-order valence-electron chi connectivity index (χ1n) is 23.4. The largest absolute Gasteiger partial charge is 0.457 e. The maximum atomic E-state index is 12.4. The minimum absolute atomic E-state index is 0.173. The Morgan fingerprint density at radius 2 is 1.60 bits per heavy atom. The molecule has 0 bridgehead atoms. The Morgan fingerprint density at radius 3 is 2.24 bits per heavy atom. The molecule has 7 N–H and O–H groups in total. The third-order valence-electron chi connectivity index (χ3n) is 13.2. The SMILES string of the molecule is C=O.CNCCC(CCN1CC(N2CCCCC2)C1)N1CCN(c2ccc(C=O)c(CN(C)C3CCC(=O)NC3=O)c2)CC1.N=C(c1ccc(Oc2ccccc2)cc1)c1c(N)ncnc1N. The molecular weight excluding hydrogens is 849 g/mol. The number of nitrogens with two attached hydrogens (primary N) is 2. The molecule has 0 saturated carbocycles. The topological polar surface area (TPSA) is 219 Å². The van der Waals surface area contributed by atoms with Crippen molar-refractivity contribution in [1.82, 2.24) is 40.2 Å². The van der Waals surface area contributed by atoms with Crippen LogP contribution in [0, 0.1) is 5.41 Å². The monoisotopic (exact) mass is 917 g/mol. The number of carbonyl (C=O) groups is 4. The Balaban J connectivity index is 0.000000249. The van der Waals surface area contributed by atoms with Gasteiger partial charge in [-0.1, -0.05) is 24.6 Å². The number of ether oxygens (including phenoxy) is 1. The van der Waals surface area contributed by atoms with E-state index < -0.39 is 0 Å². The quantitative estimate of drug-likeness (QED) is 0.0573. The predicted octanol–water partition coefficient (Wildman–Crippen LogP) is 4.06.